The Balaban J connectivity index is 3.04. The molecular formula is C13H21NO2. The molecule has 1 atom stereocenters. The van der Waals surface area contributed by atoms with Crippen LogP contribution in [0, 0.1) is 0 Å². The van der Waals surface area contributed by atoms with Gasteiger partial charge in [-0.25, -0.2) is 0 Å². The minimum Gasteiger partial charge on any atom is -0.493 e. The molecule has 0 fully saturated rings. The fourth-order valence-corrected chi connectivity index (χ4v) is 1.56. The summed E-state index contributed by atoms with van der Waals surface area (Å²) >= 11 is 0. The zero-order chi connectivity index (χ0) is 12.0. The summed E-state index contributed by atoms with van der Waals surface area (Å²) in [5, 5.41) is 0. The molecule has 16 heavy (non-hydrogen) atoms. The Hall–Kier alpha value is -1.22. The fourth-order valence-electron chi connectivity index (χ4n) is 1.56. The van der Waals surface area contributed by atoms with Crippen molar-refractivity contribution >= 4 is 0 Å². The molecule has 0 aliphatic heterocycles. The van der Waals surface area contributed by atoms with Crippen LogP contribution in [0.3, 0.4) is 0 Å². The normalized spacial score (nSPS) is 12.2. The molecular weight excluding hydrogens is 202 g/mol. The van der Waals surface area contributed by atoms with Crippen LogP contribution in [-0.2, 0) is 0 Å². The van der Waals surface area contributed by atoms with Gasteiger partial charge in [0.2, 0.25) is 0 Å². The van der Waals surface area contributed by atoms with Crippen molar-refractivity contribution in [2.45, 2.75) is 32.7 Å². The zero-order valence-corrected chi connectivity index (χ0v) is 10.3. The molecule has 0 aromatic heterocycles. The molecule has 1 aromatic rings. The number of nitrogens with two attached hydrogens (primary N) is 1. The van der Waals surface area contributed by atoms with Crippen molar-refractivity contribution in [2.24, 2.45) is 5.73 Å². The van der Waals surface area contributed by atoms with Gasteiger partial charge in [0.25, 0.3) is 0 Å². The maximum Gasteiger partial charge on any atom is 0.165 e. The van der Waals surface area contributed by atoms with Crippen LogP contribution in [0.5, 0.6) is 11.5 Å². The summed E-state index contributed by atoms with van der Waals surface area (Å²) in [5.74, 6) is 1.55. The quantitative estimate of drug-likeness (QED) is 0.806. The maximum atomic E-state index is 6.05. The first kappa shape index (κ1) is 12.8. The van der Waals surface area contributed by atoms with Crippen molar-refractivity contribution in [3.05, 3.63) is 23.8 Å². The second kappa shape index (κ2) is 6.38. The third-order valence-corrected chi connectivity index (χ3v) is 2.52. The molecule has 0 bridgehead atoms. The number of methoxy groups -OCH3 is 1. The van der Waals surface area contributed by atoms with Crippen LogP contribution in [0.15, 0.2) is 18.2 Å². The minimum atomic E-state index is 0.00181. The number of benzene rings is 1. The lowest BCUT2D eigenvalue weighted by Gasteiger charge is -2.18. The van der Waals surface area contributed by atoms with Gasteiger partial charge in [0.1, 0.15) is 0 Å². The highest BCUT2D eigenvalue weighted by Gasteiger charge is 2.14. The Morgan fingerprint density at radius 2 is 2.06 bits per heavy atom. The van der Waals surface area contributed by atoms with E-state index in [2.05, 4.69) is 13.8 Å². The summed E-state index contributed by atoms with van der Waals surface area (Å²) in [5.41, 5.74) is 7.08. The second-order valence-corrected chi connectivity index (χ2v) is 3.74. The predicted octanol–water partition coefficient (Wildman–Crippen LogP) is 2.89. The van der Waals surface area contributed by atoms with E-state index in [1.54, 1.807) is 7.11 Å². The number of para-hydroxylation sites is 1. The van der Waals surface area contributed by atoms with E-state index in [4.69, 9.17) is 15.2 Å². The minimum absolute atomic E-state index is 0.00181. The lowest BCUT2D eigenvalue weighted by atomic mass is 10.0. The molecule has 90 valence electrons. The first-order chi connectivity index (χ1) is 7.74. The van der Waals surface area contributed by atoms with Crippen molar-refractivity contribution < 1.29 is 9.47 Å². The predicted molar refractivity (Wildman–Crippen MR) is 66.0 cm³/mol. The van der Waals surface area contributed by atoms with Crippen molar-refractivity contribution in [3.63, 3.8) is 0 Å². The van der Waals surface area contributed by atoms with Crippen LogP contribution in [0.4, 0.5) is 0 Å². The summed E-state index contributed by atoms with van der Waals surface area (Å²) in [4.78, 5) is 0. The lowest BCUT2D eigenvalue weighted by molar-refractivity contribution is 0.289. The van der Waals surface area contributed by atoms with E-state index in [0.717, 1.165) is 29.9 Å². The largest absolute Gasteiger partial charge is 0.493 e. The number of ether oxygens (including phenoxy) is 2. The molecule has 0 radical (unpaired) electrons. The van der Waals surface area contributed by atoms with Crippen LogP contribution in [0.1, 0.15) is 38.3 Å². The zero-order valence-electron chi connectivity index (χ0n) is 10.3. The molecule has 1 unspecified atom stereocenters. The van der Waals surface area contributed by atoms with Crippen LogP contribution in [0.25, 0.3) is 0 Å². The second-order valence-electron chi connectivity index (χ2n) is 3.74. The molecule has 0 aliphatic rings. The average molecular weight is 223 g/mol. The van der Waals surface area contributed by atoms with Gasteiger partial charge in [-0.15, -0.1) is 0 Å². The number of hydrogen-bond acceptors (Lipinski definition) is 3. The van der Waals surface area contributed by atoms with Crippen LogP contribution in [-0.4, -0.2) is 13.7 Å². The van der Waals surface area contributed by atoms with Gasteiger partial charge in [-0.2, -0.15) is 0 Å². The topological polar surface area (TPSA) is 44.5 Å². The van der Waals surface area contributed by atoms with Crippen LogP contribution < -0.4 is 15.2 Å². The molecule has 0 heterocycles. The third-order valence-electron chi connectivity index (χ3n) is 2.52. The van der Waals surface area contributed by atoms with Crippen LogP contribution >= 0.6 is 0 Å². The summed E-state index contributed by atoms with van der Waals surface area (Å²) in [7, 11) is 1.65. The van der Waals surface area contributed by atoms with Gasteiger partial charge in [0, 0.05) is 11.6 Å². The highest BCUT2D eigenvalue weighted by atomic mass is 16.5. The molecule has 2 N–H and O–H groups in total. The molecule has 0 spiro atoms. The standard InChI is InChI=1S/C13H21NO2/c1-4-9-16-13-10(11(14)5-2)7-6-8-12(13)15-3/h6-8,11H,4-5,9,14H2,1-3H3. The SMILES string of the molecule is CCCOc1c(OC)cccc1C(N)CC. The smallest absolute Gasteiger partial charge is 0.165 e. The Morgan fingerprint density at radius 3 is 2.62 bits per heavy atom. The molecule has 0 saturated carbocycles. The molecule has 0 saturated heterocycles. The van der Waals surface area contributed by atoms with Crippen molar-refractivity contribution in [1.29, 1.82) is 0 Å². The number of hydrogen-bond donors (Lipinski definition) is 1. The maximum absolute atomic E-state index is 6.05. The van der Waals surface area contributed by atoms with E-state index in [1.807, 2.05) is 18.2 Å². The lowest BCUT2D eigenvalue weighted by Crippen LogP contribution is -2.11. The van der Waals surface area contributed by atoms with Gasteiger partial charge in [-0.1, -0.05) is 26.0 Å². The van der Waals surface area contributed by atoms with E-state index < -0.39 is 0 Å². The van der Waals surface area contributed by atoms with E-state index in [0.29, 0.717) is 6.61 Å². The summed E-state index contributed by atoms with van der Waals surface area (Å²) in [6.07, 6.45) is 1.86. The van der Waals surface area contributed by atoms with Gasteiger partial charge in [-0.3, -0.25) is 0 Å². The van der Waals surface area contributed by atoms with Gasteiger partial charge in [0.05, 0.1) is 13.7 Å². The average Bonchev–Trinajstić information content (AvgIpc) is 2.34. The third kappa shape index (κ3) is 2.89. The summed E-state index contributed by atoms with van der Waals surface area (Å²) in [6, 6.07) is 5.85. The molecule has 0 amide bonds. The first-order valence-electron chi connectivity index (χ1n) is 5.79. The van der Waals surface area contributed by atoms with Gasteiger partial charge >= 0.3 is 0 Å². The first-order valence-corrected chi connectivity index (χ1v) is 5.79. The molecule has 1 rings (SSSR count). The van der Waals surface area contributed by atoms with Crippen LogP contribution in [0.2, 0.25) is 0 Å². The Kier molecular flexibility index (Phi) is 5.12. The highest BCUT2D eigenvalue weighted by Crippen LogP contribution is 2.35. The molecule has 3 heteroatoms. The van der Waals surface area contributed by atoms with E-state index in [1.165, 1.54) is 0 Å². The van der Waals surface area contributed by atoms with Crippen molar-refractivity contribution in [2.75, 3.05) is 13.7 Å². The van der Waals surface area contributed by atoms with Gasteiger partial charge < -0.3 is 15.2 Å². The van der Waals surface area contributed by atoms with Gasteiger partial charge in [0.15, 0.2) is 11.5 Å². The van der Waals surface area contributed by atoms with Crippen molar-refractivity contribution in [3.8, 4) is 11.5 Å². The molecule has 3 nitrogen and oxygen atoms in total. The van der Waals surface area contributed by atoms with Gasteiger partial charge in [-0.05, 0) is 18.9 Å². The number of rotatable bonds is 6. The highest BCUT2D eigenvalue weighted by molar-refractivity contribution is 5.48. The van der Waals surface area contributed by atoms with Crippen molar-refractivity contribution in [1.82, 2.24) is 0 Å². The Labute approximate surface area is 97.6 Å². The fraction of sp³-hybridized carbons (Fsp3) is 0.538. The summed E-state index contributed by atoms with van der Waals surface area (Å²) in [6.45, 7) is 4.83. The Bertz CT molecular complexity index is 326. The molecule has 0 aliphatic carbocycles. The summed E-state index contributed by atoms with van der Waals surface area (Å²) < 4.78 is 11.0. The van der Waals surface area contributed by atoms with E-state index in [9.17, 15) is 0 Å². The molecule has 1 aromatic carbocycles. The Morgan fingerprint density at radius 1 is 1.31 bits per heavy atom. The monoisotopic (exact) mass is 223 g/mol. The van der Waals surface area contributed by atoms with E-state index in [-0.39, 0.29) is 6.04 Å². The van der Waals surface area contributed by atoms with E-state index >= 15 is 0 Å².